The van der Waals surface area contributed by atoms with E-state index in [1.54, 1.807) is 0 Å². The van der Waals surface area contributed by atoms with E-state index in [1.165, 1.54) is 13.8 Å². The van der Waals surface area contributed by atoms with Crippen LogP contribution in [0.1, 0.15) is 50.9 Å². The highest BCUT2D eigenvalue weighted by Gasteiger charge is 2.66. The van der Waals surface area contributed by atoms with Gasteiger partial charge in [0.15, 0.2) is 23.0 Å². The zero-order chi connectivity index (χ0) is 28.1. The van der Waals surface area contributed by atoms with E-state index in [9.17, 15) is 36.2 Å². The number of nitrogens with two attached hydrogens (primary N) is 1. The molecule has 204 valence electrons. The third-order valence-electron chi connectivity index (χ3n) is 6.78. The van der Waals surface area contributed by atoms with Crippen LogP contribution in [0.3, 0.4) is 0 Å². The summed E-state index contributed by atoms with van der Waals surface area (Å²) in [5.41, 5.74) is 0.849. The fourth-order valence-corrected chi connectivity index (χ4v) is 4.33. The molecule has 0 aliphatic carbocycles. The molecule has 1 amide bonds. The van der Waals surface area contributed by atoms with Crippen molar-refractivity contribution >= 4 is 11.6 Å². The van der Waals surface area contributed by atoms with Gasteiger partial charge in [-0.1, -0.05) is 13.0 Å². The average Bonchev–Trinajstić information content (AvgIpc) is 3.07. The summed E-state index contributed by atoms with van der Waals surface area (Å²) in [5, 5.41) is 12.3. The Kier molecular flexibility index (Phi) is 7.57. The minimum Gasteiger partial charge on any atom is -0.493 e. The van der Waals surface area contributed by atoms with Crippen molar-refractivity contribution in [2.24, 2.45) is 11.7 Å². The number of hydrogen-bond donors (Lipinski definition) is 3. The normalized spacial score (nSPS) is 25.2. The van der Waals surface area contributed by atoms with Crippen molar-refractivity contribution < 1.29 is 45.7 Å². The van der Waals surface area contributed by atoms with Gasteiger partial charge >= 0.3 is 6.18 Å². The third kappa shape index (κ3) is 5.12. The number of rotatable bonds is 6. The Morgan fingerprint density at radius 1 is 1.24 bits per heavy atom. The van der Waals surface area contributed by atoms with Crippen LogP contribution in [-0.4, -0.2) is 46.6 Å². The van der Waals surface area contributed by atoms with E-state index in [0.717, 1.165) is 39.3 Å². The molecule has 3 rings (SSSR count). The number of halogens is 6. The largest absolute Gasteiger partial charge is 0.493 e. The van der Waals surface area contributed by atoms with E-state index in [0.29, 0.717) is 6.07 Å². The Morgan fingerprint density at radius 2 is 1.86 bits per heavy atom. The van der Waals surface area contributed by atoms with Crippen molar-refractivity contribution in [3.8, 4) is 5.75 Å². The number of carbonyl (C=O) groups excluding carboxylic acids is 1. The van der Waals surface area contributed by atoms with Crippen LogP contribution in [0.2, 0.25) is 0 Å². The summed E-state index contributed by atoms with van der Waals surface area (Å²) in [6.45, 7) is 4.65. The van der Waals surface area contributed by atoms with E-state index in [4.69, 9.17) is 15.2 Å². The van der Waals surface area contributed by atoms with Crippen LogP contribution >= 0.6 is 0 Å². The van der Waals surface area contributed by atoms with E-state index in [-0.39, 0.29) is 11.3 Å². The van der Waals surface area contributed by atoms with Crippen LogP contribution in [0.4, 0.5) is 32.0 Å². The van der Waals surface area contributed by atoms with Gasteiger partial charge in [-0.15, -0.1) is 0 Å². The number of ether oxygens (including phenoxy) is 2. The highest BCUT2D eigenvalue weighted by Crippen LogP contribution is 2.55. The van der Waals surface area contributed by atoms with E-state index < -0.39 is 76.2 Å². The minimum absolute atomic E-state index is 0.0103. The first-order valence-corrected chi connectivity index (χ1v) is 11.1. The number of aromatic nitrogens is 1. The molecule has 0 radical (unpaired) electrons. The van der Waals surface area contributed by atoms with Crippen molar-refractivity contribution in [2.75, 3.05) is 12.4 Å². The summed E-state index contributed by atoms with van der Waals surface area (Å²) in [7, 11) is 1.000. The van der Waals surface area contributed by atoms with Gasteiger partial charge in [-0.25, -0.2) is 8.78 Å². The first-order chi connectivity index (χ1) is 16.9. The second-order valence-electron chi connectivity index (χ2n) is 9.65. The Hall–Kier alpha value is -2.90. The van der Waals surface area contributed by atoms with Crippen LogP contribution < -0.4 is 15.8 Å². The van der Waals surface area contributed by atoms with Crippen molar-refractivity contribution in [1.29, 1.82) is 0 Å². The maximum absolute atomic E-state index is 14.5. The van der Waals surface area contributed by atoms with Gasteiger partial charge in [-0.05, 0) is 32.9 Å². The number of pyridine rings is 1. The number of benzene rings is 1. The van der Waals surface area contributed by atoms with Crippen molar-refractivity contribution in [3.63, 3.8) is 0 Å². The molecule has 13 heteroatoms. The number of nitrogens with one attached hydrogen (secondary N) is 1. The molecule has 1 aromatic heterocycles. The number of amides is 1. The Labute approximate surface area is 209 Å². The van der Waals surface area contributed by atoms with Gasteiger partial charge in [0.05, 0.1) is 36.3 Å². The summed E-state index contributed by atoms with van der Waals surface area (Å²) >= 11 is 0. The zero-order valence-electron chi connectivity index (χ0n) is 20.6. The van der Waals surface area contributed by atoms with Gasteiger partial charge in [0.1, 0.15) is 6.10 Å². The molecular weight excluding hydrogens is 508 g/mol. The molecule has 1 aliphatic rings. The maximum atomic E-state index is 14.5. The molecule has 0 bridgehead atoms. The van der Waals surface area contributed by atoms with Crippen LogP contribution in [-0.2, 0) is 9.53 Å². The smallest absolute Gasteiger partial charge is 0.417 e. The molecule has 1 aliphatic heterocycles. The van der Waals surface area contributed by atoms with E-state index >= 15 is 0 Å². The van der Waals surface area contributed by atoms with Gasteiger partial charge in [0.25, 0.3) is 5.91 Å². The Bertz CT molecular complexity index is 1190. The standard InChI is InChI=1S/C24H27F6N3O4/c1-10-16(11-6-7-12(25)17(27)18(11)36-5)19(37-23(10,4)24(28,29)30)21(34)33-14-8-15(32-9-13(14)26)20(31)22(2,3)35/h6-10,16,19-20,35H,31H2,1-5H3,(H,32,33,34)/t10-,16-,19+,20+,23+/m0/s1. The SMILES string of the molecule is COc1c([C@H]2[C@H](C(=O)Nc3cc([C@@H](N)C(C)(C)O)ncc3F)O[C@@](C)(C(F)(F)F)[C@H]2C)ccc(F)c1F. The van der Waals surface area contributed by atoms with Crippen LogP contribution in [0.25, 0.3) is 0 Å². The number of carbonyl (C=O) groups is 1. The molecule has 5 atom stereocenters. The quantitative estimate of drug-likeness (QED) is 0.475. The monoisotopic (exact) mass is 535 g/mol. The molecular formula is C24H27F6N3O4. The molecule has 0 unspecified atom stereocenters. The van der Waals surface area contributed by atoms with E-state index in [1.807, 2.05) is 0 Å². The number of aliphatic hydroxyl groups is 1. The molecule has 7 nitrogen and oxygen atoms in total. The number of alkyl halides is 3. The predicted octanol–water partition coefficient (Wildman–Crippen LogP) is 4.36. The third-order valence-corrected chi connectivity index (χ3v) is 6.78. The van der Waals surface area contributed by atoms with Crippen LogP contribution in [0.15, 0.2) is 24.4 Å². The topological polar surface area (TPSA) is 107 Å². The molecule has 2 heterocycles. The van der Waals surface area contributed by atoms with Crippen molar-refractivity contribution in [3.05, 3.63) is 53.1 Å². The first kappa shape index (κ1) is 28.7. The highest BCUT2D eigenvalue weighted by molar-refractivity contribution is 5.95. The number of anilines is 1. The second kappa shape index (κ2) is 9.76. The lowest BCUT2D eigenvalue weighted by molar-refractivity contribution is -0.272. The van der Waals surface area contributed by atoms with Crippen molar-refractivity contribution in [1.82, 2.24) is 4.98 Å². The molecule has 1 fully saturated rings. The Balaban J connectivity index is 2.08. The lowest BCUT2D eigenvalue weighted by Crippen LogP contribution is -2.47. The lowest BCUT2D eigenvalue weighted by atomic mass is 9.77. The number of methoxy groups -OCH3 is 1. The number of nitrogens with zero attached hydrogens (tertiary/aromatic N) is 1. The molecule has 37 heavy (non-hydrogen) atoms. The molecule has 2 aromatic rings. The summed E-state index contributed by atoms with van der Waals surface area (Å²) in [6, 6.07) is 1.65. The fourth-order valence-electron chi connectivity index (χ4n) is 4.33. The fraction of sp³-hybridized carbons (Fsp3) is 0.500. The maximum Gasteiger partial charge on any atom is 0.417 e. The minimum atomic E-state index is -4.96. The number of hydrogen-bond acceptors (Lipinski definition) is 6. The van der Waals surface area contributed by atoms with Gasteiger partial charge in [-0.3, -0.25) is 9.78 Å². The van der Waals surface area contributed by atoms with Gasteiger partial charge in [0.2, 0.25) is 5.82 Å². The second-order valence-corrected chi connectivity index (χ2v) is 9.65. The zero-order valence-corrected chi connectivity index (χ0v) is 20.6. The van der Waals surface area contributed by atoms with Gasteiger partial charge in [-0.2, -0.15) is 17.6 Å². The average molecular weight is 535 g/mol. The van der Waals surface area contributed by atoms with Crippen LogP contribution in [0, 0.1) is 23.4 Å². The summed E-state index contributed by atoms with van der Waals surface area (Å²) in [4.78, 5) is 17.1. The lowest BCUT2D eigenvalue weighted by Gasteiger charge is -2.32. The summed E-state index contributed by atoms with van der Waals surface area (Å²) < 4.78 is 95.2. The molecule has 0 saturated carbocycles. The molecule has 1 aromatic carbocycles. The van der Waals surface area contributed by atoms with E-state index in [2.05, 4.69) is 10.3 Å². The Morgan fingerprint density at radius 3 is 2.41 bits per heavy atom. The first-order valence-electron chi connectivity index (χ1n) is 11.1. The van der Waals surface area contributed by atoms with Crippen LogP contribution in [0.5, 0.6) is 5.75 Å². The molecule has 1 saturated heterocycles. The predicted molar refractivity (Wildman–Crippen MR) is 120 cm³/mol. The van der Waals surface area contributed by atoms with Gasteiger partial charge in [0, 0.05) is 17.4 Å². The summed E-state index contributed by atoms with van der Waals surface area (Å²) in [6.07, 6.45) is -6.15. The molecule has 0 spiro atoms. The van der Waals surface area contributed by atoms with Crippen molar-refractivity contribution in [2.45, 2.75) is 63.1 Å². The summed E-state index contributed by atoms with van der Waals surface area (Å²) in [5.74, 6) is -8.61. The van der Waals surface area contributed by atoms with Gasteiger partial charge < -0.3 is 25.6 Å². The molecule has 4 N–H and O–H groups in total. The highest BCUT2D eigenvalue weighted by atomic mass is 19.4.